The molecule has 1 N–H and O–H groups in total. The summed E-state index contributed by atoms with van der Waals surface area (Å²) in [6.45, 7) is 0.0682. The van der Waals surface area contributed by atoms with Crippen LogP contribution in [-0.2, 0) is 6.61 Å². The number of hydrogen-bond donors (Lipinski definition) is 1. The Labute approximate surface area is 68.1 Å². The standard InChI is InChI=1S/C8H7NOS/c10-5-6-3-7-1-2-11-8(7)9-4-6/h1-4,10H,5H2. The van der Waals surface area contributed by atoms with Crippen LogP contribution in [0.15, 0.2) is 23.7 Å². The quantitative estimate of drug-likeness (QED) is 0.698. The van der Waals surface area contributed by atoms with Gasteiger partial charge in [0, 0.05) is 11.6 Å². The van der Waals surface area contributed by atoms with Crippen LogP contribution in [0.25, 0.3) is 10.2 Å². The second kappa shape index (κ2) is 2.60. The first-order chi connectivity index (χ1) is 5.40. The zero-order chi connectivity index (χ0) is 7.68. The van der Waals surface area contributed by atoms with Crippen LogP contribution in [0.3, 0.4) is 0 Å². The summed E-state index contributed by atoms with van der Waals surface area (Å²) in [5.41, 5.74) is 0.871. The molecule has 3 heteroatoms. The Morgan fingerprint density at radius 1 is 1.55 bits per heavy atom. The predicted molar refractivity (Wildman–Crippen MR) is 45.5 cm³/mol. The summed E-state index contributed by atoms with van der Waals surface area (Å²) in [5, 5.41) is 11.9. The Morgan fingerprint density at radius 3 is 3.27 bits per heavy atom. The maximum atomic E-state index is 8.80. The van der Waals surface area contributed by atoms with Gasteiger partial charge in [0.1, 0.15) is 4.83 Å². The fourth-order valence-corrected chi connectivity index (χ4v) is 1.71. The van der Waals surface area contributed by atoms with Gasteiger partial charge in [0.15, 0.2) is 0 Å². The Hall–Kier alpha value is -0.930. The first kappa shape index (κ1) is 6.76. The van der Waals surface area contributed by atoms with Gasteiger partial charge in [-0.25, -0.2) is 4.98 Å². The zero-order valence-electron chi connectivity index (χ0n) is 5.82. The molecule has 0 unspecified atom stereocenters. The molecule has 0 aliphatic rings. The van der Waals surface area contributed by atoms with Crippen molar-refractivity contribution < 1.29 is 5.11 Å². The fourth-order valence-electron chi connectivity index (χ4n) is 0.991. The molecule has 0 aromatic carbocycles. The third kappa shape index (κ3) is 1.13. The van der Waals surface area contributed by atoms with Crippen LogP contribution in [0.5, 0.6) is 0 Å². The van der Waals surface area contributed by atoms with Gasteiger partial charge in [0.25, 0.3) is 0 Å². The SMILES string of the molecule is OCc1cnc2sccc2c1. The van der Waals surface area contributed by atoms with Gasteiger partial charge in [0.2, 0.25) is 0 Å². The van der Waals surface area contributed by atoms with E-state index in [1.54, 1.807) is 17.5 Å². The van der Waals surface area contributed by atoms with Crippen LogP contribution in [0.1, 0.15) is 5.56 Å². The number of aliphatic hydroxyl groups excluding tert-OH is 1. The molecule has 0 bridgehead atoms. The molecule has 56 valence electrons. The van der Waals surface area contributed by atoms with E-state index in [9.17, 15) is 0 Å². The van der Waals surface area contributed by atoms with E-state index in [-0.39, 0.29) is 6.61 Å². The summed E-state index contributed by atoms with van der Waals surface area (Å²) >= 11 is 1.61. The maximum Gasteiger partial charge on any atom is 0.123 e. The summed E-state index contributed by atoms with van der Waals surface area (Å²) in [6, 6.07) is 3.96. The smallest absolute Gasteiger partial charge is 0.123 e. The first-order valence-electron chi connectivity index (χ1n) is 3.33. The van der Waals surface area contributed by atoms with Crippen molar-refractivity contribution in [1.29, 1.82) is 0 Å². The third-order valence-electron chi connectivity index (χ3n) is 1.55. The van der Waals surface area contributed by atoms with Crippen LogP contribution in [0.2, 0.25) is 0 Å². The molecule has 0 saturated carbocycles. The van der Waals surface area contributed by atoms with Gasteiger partial charge in [-0.2, -0.15) is 0 Å². The number of pyridine rings is 1. The van der Waals surface area contributed by atoms with Crippen LogP contribution in [-0.4, -0.2) is 10.1 Å². The zero-order valence-corrected chi connectivity index (χ0v) is 6.64. The predicted octanol–water partition coefficient (Wildman–Crippen LogP) is 1.79. The minimum absolute atomic E-state index is 0.0682. The van der Waals surface area contributed by atoms with Gasteiger partial charge in [-0.15, -0.1) is 11.3 Å². The summed E-state index contributed by atoms with van der Waals surface area (Å²) < 4.78 is 0. The van der Waals surface area contributed by atoms with E-state index in [2.05, 4.69) is 4.98 Å². The minimum atomic E-state index is 0.0682. The number of aliphatic hydroxyl groups is 1. The van der Waals surface area contributed by atoms with E-state index in [4.69, 9.17) is 5.11 Å². The molecular weight excluding hydrogens is 158 g/mol. The van der Waals surface area contributed by atoms with Crippen molar-refractivity contribution in [3.8, 4) is 0 Å². The van der Waals surface area contributed by atoms with Gasteiger partial charge in [-0.1, -0.05) is 0 Å². The average molecular weight is 165 g/mol. The van der Waals surface area contributed by atoms with Crippen molar-refractivity contribution in [3.05, 3.63) is 29.3 Å². The second-order valence-electron chi connectivity index (χ2n) is 2.32. The Kier molecular flexibility index (Phi) is 1.60. The normalized spacial score (nSPS) is 10.6. The minimum Gasteiger partial charge on any atom is -0.392 e. The van der Waals surface area contributed by atoms with Gasteiger partial charge in [-0.3, -0.25) is 0 Å². The van der Waals surface area contributed by atoms with Gasteiger partial charge in [-0.05, 0) is 23.1 Å². The summed E-state index contributed by atoms with van der Waals surface area (Å²) in [4.78, 5) is 5.20. The average Bonchev–Trinajstić information content (AvgIpc) is 2.50. The number of rotatable bonds is 1. The van der Waals surface area contributed by atoms with Crippen molar-refractivity contribution in [2.45, 2.75) is 6.61 Å². The molecule has 0 aliphatic carbocycles. The highest BCUT2D eigenvalue weighted by Gasteiger charge is 1.96. The van der Waals surface area contributed by atoms with E-state index in [0.29, 0.717) is 0 Å². The molecule has 0 saturated heterocycles. The Morgan fingerprint density at radius 2 is 2.45 bits per heavy atom. The van der Waals surface area contributed by atoms with E-state index >= 15 is 0 Å². The lowest BCUT2D eigenvalue weighted by Gasteiger charge is -1.93. The van der Waals surface area contributed by atoms with Gasteiger partial charge in [0.05, 0.1) is 6.61 Å². The summed E-state index contributed by atoms with van der Waals surface area (Å²) in [6.07, 6.45) is 1.71. The van der Waals surface area contributed by atoms with Crippen LogP contribution < -0.4 is 0 Å². The van der Waals surface area contributed by atoms with Crippen LogP contribution >= 0.6 is 11.3 Å². The van der Waals surface area contributed by atoms with Crippen molar-refractivity contribution in [2.24, 2.45) is 0 Å². The van der Waals surface area contributed by atoms with E-state index in [0.717, 1.165) is 15.8 Å². The maximum absolute atomic E-state index is 8.80. The largest absolute Gasteiger partial charge is 0.392 e. The van der Waals surface area contributed by atoms with Crippen LogP contribution in [0, 0.1) is 0 Å². The molecule has 11 heavy (non-hydrogen) atoms. The van der Waals surface area contributed by atoms with Crippen molar-refractivity contribution >= 4 is 21.6 Å². The molecule has 0 radical (unpaired) electrons. The molecular formula is C8H7NOS. The number of hydrogen-bond acceptors (Lipinski definition) is 3. The fraction of sp³-hybridized carbons (Fsp3) is 0.125. The van der Waals surface area contributed by atoms with E-state index < -0.39 is 0 Å². The number of fused-ring (bicyclic) bond motifs is 1. The number of aromatic nitrogens is 1. The van der Waals surface area contributed by atoms with Gasteiger partial charge < -0.3 is 5.11 Å². The molecule has 0 amide bonds. The van der Waals surface area contributed by atoms with E-state index in [1.165, 1.54) is 0 Å². The van der Waals surface area contributed by atoms with Crippen molar-refractivity contribution in [2.75, 3.05) is 0 Å². The second-order valence-corrected chi connectivity index (χ2v) is 3.21. The molecule has 0 fully saturated rings. The highest BCUT2D eigenvalue weighted by molar-refractivity contribution is 7.16. The van der Waals surface area contributed by atoms with Crippen molar-refractivity contribution in [1.82, 2.24) is 4.98 Å². The number of nitrogens with zero attached hydrogens (tertiary/aromatic N) is 1. The number of thiophene rings is 1. The molecule has 2 rings (SSSR count). The Balaban J connectivity index is 2.67. The lowest BCUT2D eigenvalue weighted by molar-refractivity contribution is 0.281. The van der Waals surface area contributed by atoms with Crippen molar-refractivity contribution in [3.63, 3.8) is 0 Å². The molecule has 0 atom stereocenters. The van der Waals surface area contributed by atoms with E-state index in [1.807, 2.05) is 17.5 Å². The summed E-state index contributed by atoms with van der Waals surface area (Å²) in [5.74, 6) is 0. The summed E-state index contributed by atoms with van der Waals surface area (Å²) in [7, 11) is 0. The highest BCUT2D eigenvalue weighted by Crippen LogP contribution is 2.18. The topological polar surface area (TPSA) is 33.1 Å². The molecule has 0 aliphatic heterocycles. The molecule has 0 spiro atoms. The molecule has 2 heterocycles. The third-order valence-corrected chi connectivity index (χ3v) is 2.38. The first-order valence-corrected chi connectivity index (χ1v) is 4.21. The molecule has 2 aromatic rings. The Bertz CT molecular complexity index is 369. The molecule has 2 aromatic heterocycles. The lowest BCUT2D eigenvalue weighted by atomic mass is 10.2. The monoisotopic (exact) mass is 165 g/mol. The van der Waals surface area contributed by atoms with Gasteiger partial charge >= 0.3 is 0 Å². The van der Waals surface area contributed by atoms with Crippen LogP contribution in [0.4, 0.5) is 0 Å². The highest BCUT2D eigenvalue weighted by atomic mass is 32.1. The molecule has 2 nitrogen and oxygen atoms in total. The lowest BCUT2D eigenvalue weighted by Crippen LogP contribution is -1.82.